The number of likely N-dealkylation sites (N-methyl/N-ethyl adjacent to an activating group) is 1. The summed E-state index contributed by atoms with van der Waals surface area (Å²) in [4.78, 5) is 2.51. The Morgan fingerprint density at radius 3 is 2.20 bits per heavy atom. The molecule has 2 nitrogen and oxygen atoms in total. The molecular weight excluding hydrogens is 244 g/mol. The van der Waals surface area contributed by atoms with Gasteiger partial charge in [-0.2, -0.15) is 0 Å². The van der Waals surface area contributed by atoms with E-state index in [1.165, 1.54) is 45.2 Å². The number of piperidine rings is 1. The van der Waals surface area contributed by atoms with E-state index < -0.39 is 0 Å². The van der Waals surface area contributed by atoms with Crippen molar-refractivity contribution in [3.63, 3.8) is 0 Å². The fourth-order valence-corrected chi connectivity index (χ4v) is 6.54. The van der Waals surface area contributed by atoms with Crippen molar-refractivity contribution >= 4 is 0 Å². The lowest BCUT2D eigenvalue weighted by Gasteiger charge is -2.59. The maximum atomic E-state index is 4.06. The van der Waals surface area contributed by atoms with Gasteiger partial charge in [-0.15, -0.1) is 0 Å². The molecule has 1 saturated heterocycles. The fourth-order valence-electron chi connectivity index (χ4n) is 6.54. The summed E-state index contributed by atoms with van der Waals surface area (Å²) in [5.74, 6) is 3.25. The van der Waals surface area contributed by atoms with Crippen LogP contribution in [0.15, 0.2) is 0 Å². The third-order valence-electron chi connectivity index (χ3n) is 7.11. The van der Waals surface area contributed by atoms with Gasteiger partial charge in [0, 0.05) is 18.6 Å². The maximum Gasteiger partial charge on any atom is 0.0198 e. The van der Waals surface area contributed by atoms with Crippen LogP contribution in [-0.4, -0.2) is 37.1 Å². The molecule has 2 atom stereocenters. The first-order valence-electron chi connectivity index (χ1n) is 9.07. The van der Waals surface area contributed by atoms with Crippen LogP contribution in [0, 0.1) is 23.2 Å². The van der Waals surface area contributed by atoms with Crippen molar-refractivity contribution in [1.29, 1.82) is 0 Å². The summed E-state index contributed by atoms with van der Waals surface area (Å²) in [5.41, 5.74) is 0.671. The minimum absolute atomic E-state index is 0.671. The number of nitrogens with one attached hydrogen (secondary N) is 1. The van der Waals surface area contributed by atoms with E-state index in [1.54, 1.807) is 19.3 Å². The molecule has 0 aromatic rings. The summed E-state index contributed by atoms with van der Waals surface area (Å²) in [5, 5.41) is 4.06. The Morgan fingerprint density at radius 1 is 1.05 bits per heavy atom. The fraction of sp³-hybridized carbons (Fsp3) is 1.00. The Labute approximate surface area is 124 Å². The Hall–Kier alpha value is -0.0800. The van der Waals surface area contributed by atoms with Gasteiger partial charge in [0.2, 0.25) is 0 Å². The number of nitrogens with zero attached hydrogens (tertiary/aromatic N) is 1. The van der Waals surface area contributed by atoms with Crippen LogP contribution in [0.4, 0.5) is 0 Å². The second-order valence-corrected chi connectivity index (χ2v) is 8.77. The van der Waals surface area contributed by atoms with E-state index in [0.29, 0.717) is 5.41 Å². The Morgan fingerprint density at radius 2 is 1.65 bits per heavy atom. The van der Waals surface area contributed by atoms with Gasteiger partial charge in [-0.25, -0.2) is 0 Å². The van der Waals surface area contributed by atoms with Crippen LogP contribution in [-0.2, 0) is 0 Å². The number of rotatable bonds is 3. The largest absolute Gasteiger partial charge is 0.310 e. The molecule has 1 heterocycles. The summed E-state index contributed by atoms with van der Waals surface area (Å²) >= 11 is 0. The molecule has 0 spiro atoms. The van der Waals surface area contributed by atoms with Gasteiger partial charge in [-0.3, -0.25) is 0 Å². The average Bonchev–Trinajstić information content (AvgIpc) is 2.37. The minimum Gasteiger partial charge on any atom is -0.310 e. The molecule has 5 rings (SSSR count). The van der Waals surface area contributed by atoms with Gasteiger partial charge >= 0.3 is 0 Å². The number of likely N-dealkylation sites (tertiary alicyclic amines) is 1. The van der Waals surface area contributed by atoms with Gasteiger partial charge in [-0.1, -0.05) is 0 Å². The molecule has 0 amide bonds. The summed E-state index contributed by atoms with van der Waals surface area (Å²) in [7, 11) is 2.28. The van der Waals surface area contributed by atoms with Crippen LogP contribution < -0.4 is 5.32 Å². The zero-order chi connectivity index (χ0) is 13.7. The van der Waals surface area contributed by atoms with Crippen LogP contribution >= 0.6 is 0 Å². The highest BCUT2D eigenvalue weighted by Crippen LogP contribution is 2.61. The molecule has 5 fully saturated rings. The van der Waals surface area contributed by atoms with Crippen molar-refractivity contribution in [1.82, 2.24) is 10.2 Å². The standard InChI is InChI=1S/C18H32N2/c1-13(19-17-4-3-5-20(2)12-17)18-9-14-6-15(10-18)8-16(7-14)11-18/h13-17,19H,3-12H2,1-2H3. The SMILES string of the molecule is CC(NC1CCCN(C)C1)C12CC3CC(CC(C3)C1)C2. The highest BCUT2D eigenvalue weighted by atomic mass is 15.1. The van der Waals surface area contributed by atoms with Gasteiger partial charge in [0.15, 0.2) is 0 Å². The molecule has 2 unspecified atom stereocenters. The first kappa shape index (κ1) is 13.6. The Balaban J connectivity index is 1.44. The van der Waals surface area contributed by atoms with Crippen molar-refractivity contribution < 1.29 is 0 Å². The molecule has 2 heteroatoms. The third kappa shape index (κ3) is 2.33. The van der Waals surface area contributed by atoms with Gasteiger partial charge in [0.1, 0.15) is 0 Å². The van der Waals surface area contributed by atoms with Gasteiger partial charge < -0.3 is 10.2 Å². The molecule has 1 aliphatic heterocycles. The minimum atomic E-state index is 0.671. The molecule has 114 valence electrons. The first-order valence-corrected chi connectivity index (χ1v) is 9.07. The monoisotopic (exact) mass is 276 g/mol. The van der Waals surface area contributed by atoms with E-state index in [-0.39, 0.29) is 0 Å². The lowest BCUT2D eigenvalue weighted by atomic mass is 9.48. The highest BCUT2D eigenvalue weighted by Gasteiger charge is 2.53. The second kappa shape index (κ2) is 4.98. The van der Waals surface area contributed by atoms with Crippen LogP contribution in [0.2, 0.25) is 0 Å². The second-order valence-electron chi connectivity index (χ2n) is 8.77. The summed E-state index contributed by atoms with van der Waals surface area (Å²) < 4.78 is 0. The number of hydrogen-bond donors (Lipinski definition) is 1. The van der Waals surface area contributed by atoms with Crippen LogP contribution in [0.3, 0.4) is 0 Å². The molecule has 4 aliphatic carbocycles. The average molecular weight is 276 g/mol. The topological polar surface area (TPSA) is 15.3 Å². The summed E-state index contributed by atoms with van der Waals surface area (Å²) in [6, 6.07) is 1.49. The molecule has 0 aromatic carbocycles. The Kier molecular flexibility index (Phi) is 3.38. The van der Waals surface area contributed by atoms with Gasteiger partial charge in [0.05, 0.1) is 0 Å². The zero-order valence-corrected chi connectivity index (χ0v) is 13.4. The van der Waals surface area contributed by atoms with E-state index in [4.69, 9.17) is 0 Å². The molecule has 1 N–H and O–H groups in total. The van der Waals surface area contributed by atoms with Crippen LogP contribution in [0.5, 0.6) is 0 Å². The highest BCUT2D eigenvalue weighted by molar-refractivity contribution is 5.05. The van der Waals surface area contributed by atoms with E-state index in [1.807, 2.05) is 0 Å². The van der Waals surface area contributed by atoms with E-state index >= 15 is 0 Å². The van der Waals surface area contributed by atoms with Gasteiger partial charge in [-0.05, 0) is 95.1 Å². The lowest BCUT2D eigenvalue weighted by Crippen LogP contribution is -2.58. The van der Waals surface area contributed by atoms with Crippen molar-refractivity contribution in [2.75, 3.05) is 20.1 Å². The van der Waals surface area contributed by atoms with Crippen LogP contribution in [0.25, 0.3) is 0 Å². The summed E-state index contributed by atoms with van der Waals surface area (Å²) in [6.07, 6.45) is 12.1. The van der Waals surface area contributed by atoms with Crippen molar-refractivity contribution in [2.45, 2.75) is 70.4 Å². The lowest BCUT2D eigenvalue weighted by molar-refractivity contribution is -0.0731. The number of hydrogen-bond acceptors (Lipinski definition) is 2. The quantitative estimate of drug-likeness (QED) is 0.851. The Bertz CT molecular complexity index is 329. The van der Waals surface area contributed by atoms with Crippen molar-refractivity contribution in [2.24, 2.45) is 23.2 Å². The molecule has 4 bridgehead atoms. The predicted octanol–water partition coefficient (Wildman–Crippen LogP) is 3.28. The van der Waals surface area contributed by atoms with Crippen molar-refractivity contribution in [3.05, 3.63) is 0 Å². The molecule has 0 radical (unpaired) electrons. The molecule has 5 aliphatic rings. The molecular formula is C18H32N2. The first-order chi connectivity index (χ1) is 9.63. The molecule has 0 aromatic heterocycles. The maximum absolute atomic E-state index is 4.06. The smallest absolute Gasteiger partial charge is 0.0198 e. The van der Waals surface area contributed by atoms with E-state index in [0.717, 1.165) is 29.8 Å². The van der Waals surface area contributed by atoms with E-state index in [2.05, 4.69) is 24.2 Å². The normalized spacial score (nSPS) is 49.5. The predicted molar refractivity (Wildman–Crippen MR) is 83.7 cm³/mol. The summed E-state index contributed by atoms with van der Waals surface area (Å²) in [6.45, 7) is 5.07. The van der Waals surface area contributed by atoms with E-state index in [9.17, 15) is 0 Å². The van der Waals surface area contributed by atoms with Crippen molar-refractivity contribution in [3.8, 4) is 0 Å². The zero-order valence-electron chi connectivity index (χ0n) is 13.4. The van der Waals surface area contributed by atoms with Gasteiger partial charge in [0.25, 0.3) is 0 Å². The molecule has 20 heavy (non-hydrogen) atoms. The third-order valence-corrected chi connectivity index (χ3v) is 7.11. The molecule has 4 saturated carbocycles. The van der Waals surface area contributed by atoms with Crippen LogP contribution in [0.1, 0.15) is 58.3 Å².